The van der Waals surface area contributed by atoms with E-state index in [2.05, 4.69) is 15.7 Å². The van der Waals surface area contributed by atoms with Gasteiger partial charge in [-0.05, 0) is 77.4 Å². The fourth-order valence-electron chi connectivity index (χ4n) is 5.50. The number of alkyl halides is 3. The van der Waals surface area contributed by atoms with Crippen LogP contribution in [-0.2, 0) is 14.3 Å². The molecule has 2 heterocycles. The van der Waals surface area contributed by atoms with Crippen molar-refractivity contribution < 1.29 is 37.0 Å². The highest BCUT2D eigenvalue weighted by Crippen LogP contribution is 2.40. The second-order valence-corrected chi connectivity index (χ2v) is 11.1. The summed E-state index contributed by atoms with van der Waals surface area (Å²) in [5, 5.41) is 10.3. The third-order valence-corrected chi connectivity index (χ3v) is 7.72. The van der Waals surface area contributed by atoms with Crippen LogP contribution in [0.5, 0.6) is 5.75 Å². The number of allylic oxidation sites excluding steroid dienone is 1. The van der Waals surface area contributed by atoms with Crippen LogP contribution in [0.15, 0.2) is 91.1 Å². The number of carbonyl (C=O) groups is 2. The zero-order valence-corrected chi connectivity index (χ0v) is 26.5. The topological polar surface area (TPSA) is 104 Å². The lowest BCUT2D eigenvalue weighted by Gasteiger charge is -2.23. The second kappa shape index (κ2) is 16.1. The van der Waals surface area contributed by atoms with Crippen molar-refractivity contribution in [3.63, 3.8) is 0 Å². The lowest BCUT2D eigenvalue weighted by atomic mass is 9.87. The van der Waals surface area contributed by atoms with Crippen LogP contribution in [0.3, 0.4) is 0 Å². The molecule has 1 aliphatic rings. The molecule has 0 saturated carbocycles. The van der Waals surface area contributed by atoms with Crippen molar-refractivity contribution in [3.8, 4) is 5.75 Å². The van der Waals surface area contributed by atoms with Crippen molar-refractivity contribution in [2.75, 3.05) is 33.4 Å². The van der Waals surface area contributed by atoms with Gasteiger partial charge in [-0.15, -0.1) is 0 Å². The van der Waals surface area contributed by atoms with Gasteiger partial charge in [0.25, 0.3) is 0 Å². The van der Waals surface area contributed by atoms with Crippen molar-refractivity contribution >= 4 is 34.0 Å². The molecule has 1 aromatic heterocycles. The summed E-state index contributed by atoms with van der Waals surface area (Å²) < 4.78 is 60.9. The second-order valence-electron chi connectivity index (χ2n) is 11.1. The molecule has 0 spiro atoms. The third kappa shape index (κ3) is 9.25. The van der Waals surface area contributed by atoms with Crippen LogP contribution in [0.1, 0.15) is 48.6 Å². The monoisotopic (exact) mass is 662 g/mol. The third-order valence-electron chi connectivity index (χ3n) is 7.72. The zero-order chi connectivity index (χ0) is 33.9. The molecule has 0 bridgehead atoms. The number of nitrogens with one attached hydrogen (secondary N) is 2. The quantitative estimate of drug-likeness (QED) is 0.0958. The van der Waals surface area contributed by atoms with Crippen LogP contribution < -0.4 is 15.4 Å². The number of amides is 2. The normalized spacial score (nSPS) is 15.6. The van der Waals surface area contributed by atoms with Crippen LogP contribution in [0.25, 0.3) is 22.0 Å². The van der Waals surface area contributed by atoms with Crippen LogP contribution in [-0.4, -0.2) is 61.4 Å². The summed E-state index contributed by atoms with van der Waals surface area (Å²) in [6.45, 7) is 0.867. The summed E-state index contributed by atoms with van der Waals surface area (Å²) >= 11 is 0. The van der Waals surface area contributed by atoms with Gasteiger partial charge in [0.05, 0.1) is 24.7 Å². The smallest absolute Gasteiger partial charge is 0.407 e. The molecule has 2 N–H and O–H groups in total. The van der Waals surface area contributed by atoms with Crippen LogP contribution in [0.4, 0.5) is 18.0 Å². The van der Waals surface area contributed by atoms with E-state index < -0.39 is 18.7 Å². The Kier molecular flexibility index (Phi) is 11.5. The summed E-state index contributed by atoms with van der Waals surface area (Å²) in [6.07, 6.45) is 0.860. The molecule has 0 radical (unpaired) electrons. The Morgan fingerprint density at radius 1 is 1.02 bits per heavy atom. The van der Waals surface area contributed by atoms with E-state index in [4.69, 9.17) is 14.2 Å². The van der Waals surface area contributed by atoms with Gasteiger partial charge in [0.2, 0.25) is 5.91 Å². The lowest BCUT2D eigenvalue weighted by Crippen LogP contribution is -2.28. The number of hydrogen-bond acceptors (Lipinski definition) is 6. The first kappa shape index (κ1) is 34.2. The maximum absolute atomic E-state index is 14.1. The average Bonchev–Trinajstić information content (AvgIpc) is 3.52. The van der Waals surface area contributed by atoms with Crippen molar-refractivity contribution in [2.45, 2.75) is 38.1 Å². The molecule has 12 heteroatoms. The molecule has 1 unspecified atom stereocenters. The lowest BCUT2D eigenvalue weighted by molar-refractivity contribution is -0.123. The highest BCUT2D eigenvalue weighted by molar-refractivity contribution is 6.00. The van der Waals surface area contributed by atoms with Crippen molar-refractivity contribution in [2.24, 2.45) is 0 Å². The standard InChI is InChI=1S/C36H37F3N4O5/c1-40-32(44)10-7-20-48-35(45)41-18-21-46-29-15-12-26(13-16-29)34(30(23-36(37,38)39)25-8-3-2-4-9-25)27-14-17-31-28(22-27)24-42-43(31)33-11-5-6-19-47-33/h2-4,7-10,12-17,22,24,33H,5-6,11,18-21,23H2,1H3,(H,40,44)(H,41,45)/b10-7+,34-30+. The van der Waals surface area contributed by atoms with E-state index in [1.807, 2.05) is 22.9 Å². The molecule has 1 saturated heterocycles. The minimum Gasteiger partial charge on any atom is -0.492 e. The number of alkyl carbamates (subject to hydrolysis) is 1. The van der Waals surface area contributed by atoms with Gasteiger partial charge in [-0.3, -0.25) is 4.79 Å². The molecule has 4 aromatic rings. The largest absolute Gasteiger partial charge is 0.492 e. The Balaban J connectivity index is 1.38. The van der Waals surface area contributed by atoms with E-state index in [1.165, 1.54) is 19.2 Å². The number of ether oxygens (including phenoxy) is 3. The predicted molar refractivity (Wildman–Crippen MR) is 176 cm³/mol. The van der Waals surface area contributed by atoms with Crippen LogP contribution in [0.2, 0.25) is 0 Å². The minimum atomic E-state index is -4.46. The number of aromatic nitrogens is 2. The highest BCUT2D eigenvalue weighted by Gasteiger charge is 2.32. The number of halogens is 3. The summed E-state index contributed by atoms with van der Waals surface area (Å²) in [5.41, 5.74) is 3.12. The number of likely N-dealkylation sites (N-methyl/N-ethyl adjacent to an activating group) is 1. The molecule has 2 amide bonds. The number of hydrogen-bond donors (Lipinski definition) is 2. The van der Waals surface area contributed by atoms with E-state index in [0.29, 0.717) is 34.6 Å². The van der Waals surface area contributed by atoms with Gasteiger partial charge < -0.3 is 24.8 Å². The van der Waals surface area contributed by atoms with E-state index >= 15 is 0 Å². The van der Waals surface area contributed by atoms with Crippen molar-refractivity contribution in [1.29, 1.82) is 0 Å². The van der Waals surface area contributed by atoms with Gasteiger partial charge >= 0.3 is 12.3 Å². The fourth-order valence-corrected chi connectivity index (χ4v) is 5.50. The van der Waals surface area contributed by atoms with Gasteiger partial charge in [-0.1, -0.05) is 48.5 Å². The maximum Gasteiger partial charge on any atom is 0.407 e. The van der Waals surface area contributed by atoms with Gasteiger partial charge in [-0.2, -0.15) is 18.3 Å². The average molecular weight is 663 g/mol. The molecular weight excluding hydrogens is 625 g/mol. The maximum atomic E-state index is 14.1. The fraction of sp³-hybridized carbons (Fsp3) is 0.306. The van der Waals surface area contributed by atoms with E-state index in [0.717, 1.165) is 30.2 Å². The first-order chi connectivity index (χ1) is 23.2. The van der Waals surface area contributed by atoms with Crippen LogP contribution >= 0.6 is 0 Å². The van der Waals surface area contributed by atoms with Gasteiger partial charge in [0.15, 0.2) is 6.23 Å². The molecule has 0 aliphatic carbocycles. The molecule has 9 nitrogen and oxygen atoms in total. The SMILES string of the molecule is CNC(=O)/C=C/COC(=O)NCCOc1ccc(/C(=C(/CC(F)(F)F)c2ccccc2)c2ccc3c(cnn3C3CCCCO3)c2)cc1. The van der Waals surface area contributed by atoms with Crippen molar-refractivity contribution in [1.82, 2.24) is 20.4 Å². The number of carbonyl (C=O) groups excluding carboxylic acids is 2. The Hall–Kier alpha value is -5.10. The van der Waals surface area contributed by atoms with E-state index in [1.54, 1.807) is 60.8 Å². The van der Waals surface area contributed by atoms with Gasteiger partial charge in [-0.25, -0.2) is 9.48 Å². The Bertz CT molecular complexity index is 1750. The molecule has 1 fully saturated rings. The van der Waals surface area contributed by atoms with Gasteiger partial charge in [0.1, 0.15) is 19.0 Å². The first-order valence-electron chi connectivity index (χ1n) is 15.7. The number of nitrogens with zero attached hydrogens (tertiary/aromatic N) is 2. The number of rotatable bonds is 12. The van der Waals surface area contributed by atoms with Crippen molar-refractivity contribution in [3.05, 3.63) is 108 Å². The summed E-state index contributed by atoms with van der Waals surface area (Å²) in [4.78, 5) is 23.0. The Morgan fingerprint density at radius 3 is 2.50 bits per heavy atom. The molecule has 3 aromatic carbocycles. The van der Waals surface area contributed by atoms with Gasteiger partial charge in [0, 0.05) is 25.1 Å². The Labute approximate surface area is 276 Å². The van der Waals surface area contributed by atoms with E-state index in [-0.39, 0.29) is 37.5 Å². The summed E-state index contributed by atoms with van der Waals surface area (Å²) in [5.74, 6) is 0.166. The molecule has 1 atom stereocenters. The Morgan fingerprint density at radius 2 is 1.79 bits per heavy atom. The molecular formula is C36H37F3N4O5. The molecule has 48 heavy (non-hydrogen) atoms. The number of benzene rings is 3. The molecule has 5 rings (SSSR count). The summed E-state index contributed by atoms with van der Waals surface area (Å²) in [7, 11) is 1.49. The predicted octanol–water partition coefficient (Wildman–Crippen LogP) is 7.05. The van der Waals surface area contributed by atoms with E-state index in [9.17, 15) is 22.8 Å². The molecule has 1 aliphatic heterocycles. The highest BCUT2D eigenvalue weighted by atomic mass is 19.4. The number of fused-ring (bicyclic) bond motifs is 1. The van der Waals surface area contributed by atoms with Crippen LogP contribution in [0, 0.1) is 0 Å². The minimum absolute atomic E-state index is 0.0685. The zero-order valence-electron chi connectivity index (χ0n) is 26.5. The summed E-state index contributed by atoms with van der Waals surface area (Å²) in [6, 6.07) is 21.0. The molecule has 252 valence electrons. The first-order valence-corrected chi connectivity index (χ1v) is 15.7.